The zero-order valence-electron chi connectivity index (χ0n) is 23.4. The molecule has 0 aromatic carbocycles. The van der Waals surface area contributed by atoms with Crippen LogP contribution in [0.5, 0.6) is 0 Å². The lowest BCUT2D eigenvalue weighted by molar-refractivity contribution is -0.143. The smallest absolute Gasteiger partial charge is 0.313 e. The van der Waals surface area contributed by atoms with Gasteiger partial charge in [-0.1, -0.05) is 12.8 Å². The van der Waals surface area contributed by atoms with Crippen LogP contribution >= 0.6 is 11.3 Å². The molecule has 39 heavy (non-hydrogen) atoms. The zero-order valence-corrected chi connectivity index (χ0v) is 24.2. The van der Waals surface area contributed by atoms with Crippen LogP contribution in [0.1, 0.15) is 79.6 Å². The Morgan fingerprint density at radius 1 is 0.897 bits per heavy atom. The molecular formula is C29H41N5O4S. The Morgan fingerprint density at radius 3 is 2.21 bits per heavy atom. The third-order valence-corrected chi connectivity index (χ3v) is 9.34. The maximum absolute atomic E-state index is 13.8. The van der Waals surface area contributed by atoms with E-state index in [1.165, 1.54) is 28.9 Å². The summed E-state index contributed by atoms with van der Waals surface area (Å²) in [5.41, 5.74) is 2.87. The first-order chi connectivity index (χ1) is 19.0. The number of aryl methyl sites for hydroxylation is 1. The largest absolute Gasteiger partial charge is 0.378 e. The van der Waals surface area contributed by atoms with Gasteiger partial charge in [0.15, 0.2) is 0 Å². The van der Waals surface area contributed by atoms with E-state index >= 15 is 0 Å². The summed E-state index contributed by atoms with van der Waals surface area (Å²) < 4.78 is 5.62. The summed E-state index contributed by atoms with van der Waals surface area (Å²) in [6.45, 7) is 9.15. The van der Waals surface area contributed by atoms with Crippen LogP contribution in [-0.2, 0) is 27.2 Å². The number of anilines is 2. The van der Waals surface area contributed by atoms with Gasteiger partial charge in [-0.25, -0.2) is 4.98 Å². The van der Waals surface area contributed by atoms with E-state index < -0.39 is 11.8 Å². The van der Waals surface area contributed by atoms with Crippen molar-refractivity contribution in [1.29, 1.82) is 0 Å². The number of carbonyl (C=O) groups excluding carboxylic acids is 3. The highest BCUT2D eigenvalue weighted by molar-refractivity contribution is 7.21. The fourth-order valence-electron chi connectivity index (χ4n) is 6.09. The van der Waals surface area contributed by atoms with Gasteiger partial charge in [0.25, 0.3) is 5.91 Å². The third-order valence-electron chi connectivity index (χ3n) is 8.27. The molecule has 2 aromatic heterocycles. The molecule has 0 spiro atoms. The average Bonchev–Trinajstić information content (AvgIpc) is 3.31. The molecule has 2 aromatic rings. The van der Waals surface area contributed by atoms with Gasteiger partial charge in [-0.3, -0.25) is 14.4 Å². The van der Waals surface area contributed by atoms with Crippen molar-refractivity contribution in [3.05, 3.63) is 16.0 Å². The molecule has 2 saturated heterocycles. The topological polar surface area (TPSA) is 95.1 Å². The molecule has 2 fully saturated rings. The van der Waals surface area contributed by atoms with E-state index in [0.29, 0.717) is 50.0 Å². The summed E-state index contributed by atoms with van der Waals surface area (Å²) in [5, 5.41) is 3.81. The van der Waals surface area contributed by atoms with E-state index in [4.69, 9.17) is 9.72 Å². The van der Waals surface area contributed by atoms with E-state index in [-0.39, 0.29) is 5.91 Å². The minimum atomic E-state index is -0.665. The summed E-state index contributed by atoms with van der Waals surface area (Å²) in [4.78, 5) is 52.4. The molecular weight excluding hydrogens is 514 g/mol. The molecule has 0 unspecified atom stereocenters. The number of ether oxygens (including phenoxy) is 1. The van der Waals surface area contributed by atoms with Gasteiger partial charge in [-0.15, -0.1) is 11.3 Å². The lowest BCUT2D eigenvalue weighted by Gasteiger charge is -2.31. The molecule has 4 heterocycles. The Bertz CT molecular complexity index is 1210. The van der Waals surface area contributed by atoms with Gasteiger partial charge >= 0.3 is 11.8 Å². The monoisotopic (exact) mass is 555 g/mol. The summed E-state index contributed by atoms with van der Waals surface area (Å²) in [5.74, 6) is -0.317. The molecule has 0 bridgehead atoms. The second kappa shape index (κ2) is 12.6. The number of carbonyl (C=O) groups is 3. The average molecular weight is 556 g/mol. The van der Waals surface area contributed by atoms with Crippen molar-refractivity contribution >= 4 is 50.8 Å². The molecule has 212 valence electrons. The summed E-state index contributed by atoms with van der Waals surface area (Å²) >= 11 is 1.34. The van der Waals surface area contributed by atoms with Crippen LogP contribution in [0, 0.1) is 0 Å². The standard InChI is InChI=1S/C29H41N5O4S/c1-3-32(4-2)28(36)24-23(30-26(35)29(37)34-14-10-7-11-15-34)22-20-12-8-5-6-9-13-21(20)25(31-27(22)39-24)33-16-18-38-19-17-33/h3-19H2,1-2H3,(H,30,35). The van der Waals surface area contributed by atoms with Crippen LogP contribution in [0.15, 0.2) is 0 Å². The van der Waals surface area contributed by atoms with E-state index in [1.54, 1.807) is 9.80 Å². The lowest BCUT2D eigenvalue weighted by atomic mass is 9.91. The number of likely N-dealkylation sites (tertiary alicyclic amines) is 1. The number of rotatable bonds is 5. The minimum Gasteiger partial charge on any atom is -0.378 e. The lowest BCUT2D eigenvalue weighted by Crippen LogP contribution is -2.42. The number of nitrogens with one attached hydrogen (secondary N) is 1. The Balaban J connectivity index is 1.65. The highest BCUT2D eigenvalue weighted by Gasteiger charge is 2.32. The van der Waals surface area contributed by atoms with Crippen LogP contribution in [0.4, 0.5) is 11.5 Å². The molecule has 1 aliphatic carbocycles. The maximum atomic E-state index is 13.8. The minimum absolute atomic E-state index is 0.128. The van der Waals surface area contributed by atoms with Gasteiger partial charge in [-0.2, -0.15) is 0 Å². The number of thiophene rings is 1. The van der Waals surface area contributed by atoms with Crippen molar-refractivity contribution < 1.29 is 19.1 Å². The number of pyridine rings is 1. The van der Waals surface area contributed by atoms with Gasteiger partial charge in [-0.05, 0) is 69.9 Å². The second-order valence-corrected chi connectivity index (χ2v) is 11.7. The number of hydrogen-bond donors (Lipinski definition) is 1. The summed E-state index contributed by atoms with van der Waals surface area (Å²) in [6.07, 6.45) is 9.15. The summed E-state index contributed by atoms with van der Waals surface area (Å²) in [7, 11) is 0. The maximum Gasteiger partial charge on any atom is 0.313 e. The molecule has 0 atom stereocenters. The summed E-state index contributed by atoms with van der Waals surface area (Å²) in [6, 6.07) is 0. The molecule has 2 aliphatic heterocycles. The second-order valence-electron chi connectivity index (χ2n) is 10.7. The molecule has 0 radical (unpaired) electrons. The Hall–Kier alpha value is -2.72. The number of fused-ring (bicyclic) bond motifs is 3. The highest BCUT2D eigenvalue weighted by Crippen LogP contribution is 2.43. The molecule has 3 amide bonds. The molecule has 1 N–H and O–H groups in total. The van der Waals surface area contributed by atoms with Crippen molar-refractivity contribution in [3.8, 4) is 0 Å². The highest BCUT2D eigenvalue weighted by atomic mass is 32.1. The fourth-order valence-corrected chi connectivity index (χ4v) is 7.22. The predicted octanol–water partition coefficient (Wildman–Crippen LogP) is 4.22. The van der Waals surface area contributed by atoms with Gasteiger partial charge in [0.05, 0.1) is 18.9 Å². The number of piperidine rings is 1. The quantitative estimate of drug-likeness (QED) is 0.555. The van der Waals surface area contributed by atoms with Gasteiger partial charge < -0.3 is 24.8 Å². The van der Waals surface area contributed by atoms with Crippen molar-refractivity contribution in [2.45, 2.75) is 71.6 Å². The molecule has 3 aliphatic rings. The Labute approximate surface area is 234 Å². The Morgan fingerprint density at radius 2 is 1.54 bits per heavy atom. The third kappa shape index (κ3) is 5.77. The normalized spacial score (nSPS) is 18.3. The van der Waals surface area contributed by atoms with E-state index in [1.807, 2.05) is 13.8 Å². The molecule has 0 saturated carbocycles. The van der Waals surface area contributed by atoms with Crippen molar-refractivity contribution in [2.24, 2.45) is 0 Å². The van der Waals surface area contributed by atoms with Crippen LogP contribution in [0.3, 0.4) is 0 Å². The SMILES string of the molecule is CCN(CC)C(=O)c1sc2nc(N3CCOCC3)c3c(c2c1NC(=O)C(=O)N1CCCCC1)CCCCCC3. The number of nitrogens with zero attached hydrogens (tertiary/aromatic N) is 4. The van der Waals surface area contributed by atoms with Gasteiger partial charge in [0.2, 0.25) is 0 Å². The molecule has 10 heteroatoms. The number of hydrogen-bond acceptors (Lipinski definition) is 7. The fraction of sp³-hybridized carbons (Fsp3) is 0.655. The van der Waals surface area contributed by atoms with E-state index in [9.17, 15) is 14.4 Å². The van der Waals surface area contributed by atoms with E-state index in [2.05, 4.69) is 10.2 Å². The first-order valence-electron chi connectivity index (χ1n) is 14.7. The predicted molar refractivity (Wildman–Crippen MR) is 155 cm³/mol. The van der Waals surface area contributed by atoms with Crippen LogP contribution in [-0.4, -0.2) is 85.0 Å². The number of amides is 3. The van der Waals surface area contributed by atoms with Crippen LogP contribution in [0.25, 0.3) is 10.2 Å². The van der Waals surface area contributed by atoms with Crippen molar-refractivity contribution in [1.82, 2.24) is 14.8 Å². The first kappa shape index (κ1) is 27.8. The zero-order chi connectivity index (χ0) is 27.4. The van der Waals surface area contributed by atoms with Gasteiger partial charge in [0, 0.05) is 44.7 Å². The van der Waals surface area contributed by atoms with Crippen molar-refractivity contribution in [3.63, 3.8) is 0 Å². The molecule has 9 nitrogen and oxygen atoms in total. The van der Waals surface area contributed by atoms with Crippen molar-refractivity contribution in [2.75, 3.05) is 62.7 Å². The van der Waals surface area contributed by atoms with Crippen LogP contribution < -0.4 is 10.2 Å². The van der Waals surface area contributed by atoms with E-state index in [0.717, 1.165) is 80.5 Å². The number of aromatic nitrogens is 1. The molecule has 5 rings (SSSR count). The number of morpholine rings is 1. The van der Waals surface area contributed by atoms with Crippen LogP contribution in [0.2, 0.25) is 0 Å². The van der Waals surface area contributed by atoms with Gasteiger partial charge in [0.1, 0.15) is 15.5 Å². The Kier molecular flexibility index (Phi) is 9.02. The first-order valence-corrected chi connectivity index (χ1v) is 15.6.